The van der Waals surface area contributed by atoms with Gasteiger partial charge in [0.1, 0.15) is 16.3 Å². The average Bonchev–Trinajstić information content (AvgIpc) is 3.31. The summed E-state index contributed by atoms with van der Waals surface area (Å²) in [7, 11) is 0. The van der Waals surface area contributed by atoms with Crippen molar-refractivity contribution in [2.45, 2.75) is 26.3 Å². The van der Waals surface area contributed by atoms with Crippen LogP contribution in [0.25, 0.3) is 21.5 Å². The number of anilines is 1. The van der Waals surface area contributed by atoms with Crippen molar-refractivity contribution in [3.63, 3.8) is 0 Å². The summed E-state index contributed by atoms with van der Waals surface area (Å²) in [5.74, 6) is -0.123. The molecule has 140 valence electrons. The maximum Gasteiger partial charge on any atom is 0.348 e. The van der Waals surface area contributed by atoms with Gasteiger partial charge in [0, 0.05) is 29.4 Å². The first-order valence-electron chi connectivity index (χ1n) is 9.31. The van der Waals surface area contributed by atoms with Gasteiger partial charge in [0.15, 0.2) is 0 Å². The van der Waals surface area contributed by atoms with E-state index in [2.05, 4.69) is 28.2 Å². The number of ether oxygens (including phenoxy) is 1. The topological polar surface area (TPSA) is 82.5 Å². The SMILES string of the molecule is CCOC(=O)c1cc2c(-c3cccc(C[NH+]4CCCC4)c3)nc(N)nc2s1. The molecule has 0 atom stereocenters. The molecule has 0 saturated carbocycles. The molecular weight excluding hydrogens is 360 g/mol. The average molecular weight is 383 g/mol. The molecule has 0 radical (unpaired) electrons. The normalized spacial score (nSPS) is 14.7. The number of hydrogen-bond donors (Lipinski definition) is 2. The number of hydrogen-bond acceptors (Lipinski definition) is 6. The van der Waals surface area contributed by atoms with Gasteiger partial charge in [-0.3, -0.25) is 0 Å². The Morgan fingerprint density at radius 3 is 2.85 bits per heavy atom. The van der Waals surface area contributed by atoms with Crippen molar-refractivity contribution < 1.29 is 14.4 Å². The molecule has 3 aromatic rings. The first-order valence-corrected chi connectivity index (χ1v) is 10.1. The minimum atomic E-state index is -0.337. The Labute approximate surface area is 162 Å². The van der Waals surface area contributed by atoms with E-state index in [1.54, 1.807) is 11.8 Å². The van der Waals surface area contributed by atoms with Crippen LogP contribution < -0.4 is 10.6 Å². The fourth-order valence-electron chi connectivity index (χ4n) is 3.63. The number of nitrogen functional groups attached to an aromatic ring is 1. The van der Waals surface area contributed by atoms with Crippen molar-refractivity contribution in [2.24, 2.45) is 0 Å². The van der Waals surface area contributed by atoms with Gasteiger partial charge >= 0.3 is 5.97 Å². The van der Waals surface area contributed by atoms with E-state index in [4.69, 9.17) is 10.5 Å². The second-order valence-electron chi connectivity index (χ2n) is 6.81. The predicted molar refractivity (Wildman–Crippen MR) is 107 cm³/mol. The second-order valence-corrected chi connectivity index (χ2v) is 7.85. The molecule has 0 aliphatic carbocycles. The zero-order valence-electron chi connectivity index (χ0n) is 15.3. The summed E-state index contributed by atoms with van der Waals surface area (Å²) in [5.41, 5.74) is 8.99. The van der Waals surface area contributed by atoms with Crippen LogP contribution in [0, 0.1) is 0 Å². The summed E-state index contributed by atoms with van der Waals surface area (Å²) in [5, 5.41) is 0.836. The Morgan fingerprint density at radius 2 is 2.07 bits per heavy atom. The Hall–Kier alpha value is -2.51. The van der Waals surface area contributed by atoms with Crippen LogP contribution in [0.3, 0.4) is 0 Å². The van der Waals surface area contributed by atoms with E-state index in [1.807, 2.05) is 12.1 Å². The van der Waals surface area contributed by atoms with Crippen molar-refractivity contribution in [1.82, 2.24) is 9.97 Å². The van der Waals surface area contributed by atoms with Crippen molar-refractivity contribution in [2.75, 3.05) is 25.4 Å². The molecule has 1 aromatic carbocycles. The quantitative estimate of drug-likeness (QED) is 0.661. The Kier molecular flexibility index (Phi) is 5.05. The highest BCUT2D eigenvalue weighted by Gasteiger charge is 2.19. The van der Waals surface area contributed by atoms with Crippen LogP contribution in [-0.2, 0) is 11.3 Å². The molecule has 2 aromatic heterocycles. The van der Waals surface area contributed by atoms with Gasteiger partial charge in [0.05, 0.1) is 25.4 Å². The molecule has 1 aliphatic rings. The number of nitrogens with two attached hydrogens (primary N) is 1. The van der Waals surface area contributed by atoms with E-state index in [0.29, 0.717) is 16.3 Å². The number of aromatic nitrogens is 2. The van der Waals surface area contributed by atoms with E-state index in [9.17, 15) is 4.79 Å². The summed E-state index contributed by atoms with van der Waals surface area (Å²) in [4.78, 5) is 23.7. The van der Waals surface area contributed by atoms with E-state index >= 15 is 0 Å². The maximum absolute atomic E-state index is 12.1. The van der Waals surface area contributed by atoms with Gasteiger partial charge in [0.2, 0.25) is 5.95 Å². The molecule has 1 fully saturated rings. The van der Waals surface area contributed by atoms with Crippen LogP contribution in [0.15, 0.2) is 30.3 Å². The molecule has 3 heterocycles. The number of rotatable bonds is 5. The van der Waals surface area contributed by atoms with Crippen molar-refractivity contribution in [3.8, 4) is 11.3 Å². The van der Waals surface area contributed by atoms with Crippen LogP contribution in [0.5, 0.6) is 0 Å². The molecule has 0 spiro atoms. The van der Waals surface area contributed by atoms with E-state index in [1.165, 1.54) is 42.8 Å². The lowest BCUT2D eigenvalue weighted by atomic mass is 10.1. The lowest BCUT2D eigenvalue weighted by Crippen LogP contribution is -3.08. The number of fused-ring (bicyclic) bond motifs is 1. The highest BCUT2D eigenvalue weighted by atomic mass is 32.1. The second kappa shape index (κ2) is 7.62. The summed E-state index contributed by atoms with van der Waals surface area (Å²) < 4.78 is 5.12. The fraction of sp³-hybridized carbons (Fsp3) is 0.350. The van der Waals surface area contributed by atoms with Gasteiger partial charge in [-0.15, -0.1) is 11.3 Å². The number of benzene rings is 1. The van der Waals surface area contributed by atoms with Crippen LogP contribution in [-0.4, -0.2) is 35.6 Å². The van der Waals surface area contributed by atoms with E-state index in [0.717, 1.165) is 23.2 Å². The van der Waals surface area contributed by atoms with Crippen molar-refractivity contribution in [3.05, 3.63) is 40.8 Å². The highest BCUT2D eigenvalue weighted by Crippen LogP contribution is 2.33. The zero-order chi connectivity index (χ0) is 18.8. The Bertz CT molecular complexity index is 979. The van der Waals surface area contributed by atoms with Gasteiger partial charge in [-0.1, -0.05) is 18.2 Å². The molecule has 0 amide bonds. The van der Waals surface area contributed by atoms with Crippen molar-refractivity contribution >= 4 is 33.5 Å². The first kappa shape index (κ1) is 17.9. The van der Waals surface area contributed by atoms with Crippen molar-refractivity contribution in [1.29, 1.82) is 0 Å². The van der Waals surface area contributed by atoms with E-state index in [-0.39, 0.29) is 11.9 Å². The molecule has 3 N–H and O–H groups in total. The fourth-order valence-corrected chi connectivity index (χ4v) is 4.56. The number of nitrogens with one attached hydrogen (secondary N) is 1. The molecule has 0 unspecified atom stereocenters. The third-order valence-electron chi connectivity index (χ3n) is 4.85. The van der Waals surface area contributed by atoms with Crippen LogP contribution in [0.4, 0.5) is 5.95 Å². The lowest BCUT2D eigenvalue weighted by Gasteiger charge is -2.13. The summed E-state index contributed by atoms with van der Waals surface area (Å²) in [6.07, 6.45) is 2.62. The number of nitrogens with zero attached hydrogens (tertiary/aromatic N) is 2. The van der Waals surface area contributed by atoms with Crippen LogP contribution in [0.1, 0.15) is 35.0 Å². The molecule has 4 rings (SSSR count). The van der Waals surface area contributed by atoms with Crippen LogP contribution >= 0.6 is 11.3 Å². The van der Waals surface area contributed by atoms with Gasteiger partial charge in [-0.25, -0.2) is 14.8 Å². The van der Waals surface area contributed by atoms with E-state index < -0.39 is 0 Å². The zero-order valence-corrected chi connectivity index (χ0v) is 16.1. The maximum atomic E-state index is 12.1. The third-order valence-corrected chi connectivity index (χ3v) is 5.86. The predicted octanol–water partition coefficient (Wildman–Crippen LogP) is 2.30. The smallest absolute Gasteiger partial charge is 0.348 e. The largest absolute Gasteiger partial charge is 0.462 e. The Morgan fingerprint density at radius 1 is 1.26 bits per heavy atom. The number of quaternary nitrogens is 1. The Balaban J connectivity index is 1.73. The summed E-state index contributed by atoms with van der Waals surface area (Å²) in [6, 6.07) is 10.2. The summed E-state index contributed by atoms with van der Waals surface area (Å²) in [6.45, 7) is 5.64. The number of likely N-dealkylation sites (tertiary alicyclic amines) is 1. The molecule has 6 nitrogen and oxygen atoms in total. The molecular formula is C20H23N4O2S+. The molecule has 1 aliphatic heterocycles. The van der Waals surface area contributed by atoms with Gasteiger partial charge in [0.25, 0.3) is 0 Å². The molecule has 7 heteroatoms. The minimum absolute atomic E-state index is 0.213. The van der Waals surface area contributed by atoms with Gasteiger partial charge in [-0.05, 0) is 19.1 Å². The minimum Gasteiger partial charge on any atom is -0.462 e. The standard InChI is InChI=1S/C20H22N4O2S/c1-2-26-19(25)16-11-15-17(22-20(21)23-18(15)27-16)14-7-5-6-13(10-14)12-24-8-3-4-9-24/h5-7,10-11H,2-4,8-9,12H2,1H3,(H2,21,22,23)/p+1. The molecule has 0 bridgehead atoms. The van der Waals surface area contributed by atoms with Crippen LogP contribution in [0.2, 0.25) is 0 Å². The van der Waals surface area contributed by atoms with Gasteiger partial charge in [-0.2, -0.15) is 0 Å². The first-order chi connectivity index (χ1) is 13.1. The monoisotopic (exact) mass is 383 g/mol. The number of thiophene rings is 1. The highest BCUT2D eigenvalue weighted by molar-refractivity contribution is 7.20. The molecule has 1 saturated heterocycles. The molecule has 27 heavy (non-hydrogen) atoms. The van der Waals surface area contributed by atoms with Gasteiger partial charge < -0.3 is 15.4 Å². The third kappa shape index (κ3) is 3.79. The number of carbonyl (C=O) groups is 1. The number of carbonyl (C=O) groups excluding carboxylic acids is 1. The number of esters is 1. The lowest BCUT2D eigenvalue weighted by molar-refractivity contribution is -0.901. The summed E-state index contributed by atoms with van der Waals surface area (Å²) >= 11 is 1.29.